The van der Waals surface area contributed by atoms with E-state index in [0.717, 1.165) is 22.4 Å². The van der Waals surface area contributed by atoms with E-state index in [-0.39, 0.29) is 18.5 Å². The number of amides is 3. The zero-order valence-corrected chi connectivity index (χ0v) is 14.9. The van der Waals surface area contributed by atoms with Gasteiger partial charge in [0.15, 0.2) is 0 Å². The Balaban J connectivity index is 1.55. The molecule has 26 heavy (non-hydrogen) atoms. The Bertz CT molecular complexity index is 892. The number of benzene rings is 2. The fraction of sp³-hybridized carbons (Fsp3) is 0.238. The van der Waals surface area contributed by atoms with Crippen LogP contribution in [0.4, 0.5) is 10.5 Å². The van der Waals surface area contributed by atoms with E-state index < -0.39 is 0 Å². The van der Waals surface area contributed by atoms with Crippen LogP contribution in [0.25, 0.3) is 0 Å². The van der Waals surface area contributed by atoms with E-state index in [1.54, 1.807) is 4.90 Å². The molecule has 1 aliphatic heterocycles. The highest BCUT2D eigenvalue weighted by Gasteiger charge is 2.20. The molecule has 0 unspecified atom stereocenters. The first kappa shape index (κ1) is 17.6. The molecule has 1 fully saturated rings. The van der Waals surface area contributed by atoms with Gasteiger partial charge in [-0.25, -0.2) is 4.79 Å². The molecule has 0 radical (unpaired) electrons. The maximum absolute atomic E-state index is 12.1. The molecule has 1 saturated heterocycles. The van der Waals surface area contributed by atoms with Crippen molar-refractivity contribution in [2.45, 2.75) is 13.8 Å². The van der Waals surface area contributed by atoms with Gasteiger partial charge in [-0.3, -0.25) is 9.69 Å². The smallest absolute Gasteiger partial charge is 0.321 e. The van der Waals surface area contributed by atoms with Gasteiger partial charge in [-0.05, 0) is 61.4 Å². The van der Waals surface area contributed by atoms with E-state index in [1.165, 1.54) is 0 Å². The lowest BCUT2D eigenvalue weighted by molar-refractivity contribution is 0.0958. The van der Waals surface area contributed by atoms with Crippen LogP contribution >= 0.6 is 0 Å². The molecule has 1 aliphatic rings. The first-order chi connectivity index (χ1) is 12.5. The van der Waals surface area contributed by atoms with Gasteiger partial charge in [0.1, 0.15) is 0 Å². The van der Waals surface area contributed by atoms with E-state index in [4.69, 9.17) is 0 Å². The van der Waals surface area contributed by atoms with Crippen molar-refractivity contribution in [3.8, 4) is 11.8 Å². The topological polar surface area (TPSA) is 61.4 Å². The fourth-order valence-corrected chi connectivity index (χ4v) is 2.70. The van der Waals surface area contributed by atoms with Crippen LogP contribution < -0.4 is 15.5 Å². The molecule has 0 aromatic heterocycles. The Hall–Kier alpha value is -3.26. The van der Waals surface area contributed by atoms with Crippen LogP contribution in [0.3, 0.4) is 0 Å². The van der Waals surface area contributed by atoms with Crippen LogP contribution in [0.15, 0.2) is 42.5 Å². The van der Waals surface area contributed by atoms with Gasteiger partial charge in [0, 0.05) is 29.9 Å². The molecule has 2 N–H and O–H groups in total. The highest BCUT2D eigenvalue weighted by molar-refractivity contribution is 5.95. The summed E-state index contributed by atoms with van der Waals surface area (Å²) in [6, 6.07) is 13.1. The van der Waals surface area contributed by atoms with Gasteiger partial charge < -0.3 is 10.6 Å². The zero-order chi connectivity index (χ0) is 18.5. The maximum Gasteiger partial charge on any atom is 0.321 e. The highest BCUT2D eigenvalue weighted by Crippen LogP contribution is 2.16. The number of rotatable bonds is 3. The van der Waals surface area contributed by atoms with Gasteiger partial charge >= 0.3 is 6.03 Å². The first-order valence-electron chi connectivity index (χ1n) is 8.54. The molecule has 0 aliphatic carbocycles. The predicted octanol–water partition coefficient (Wildman–Crippen LogP) is 2.61. The SMILES string of the molecule is Cc1ccc(C(=O)NCC#Cc2ccc(N3CCNC3=O)cc2)cc1C. The van der Waals surface area contributed by atoms with Crippen LogP contribution in [-0.2, 0) is 0 Å². The van der Waals surface area contributed by atoms with Crippen molar-refractivity contribution >= 4 is 17.6 Å². The summed E-state index contributed by atoms with van der Waals surface area (Å²) in [4.78, 5) is 25.5. The second-order valence-corrected chi connectivity index (χ2v) is 6.21. The van der Waals surface area contributed by atoms with Gasteiger partial charge in [-0.2, -0.15) is 0 Å². The third-order valence-electron chi connectivity index (χ3n) is 4.37. The average molecular weight is 347 g/mol. The molecule has 3 rings (SSSR count). The van der Waals surface area contributed by atoms with Crippen molar-refractivity contribution in [2.75, 3.05) is 24.5 Å². The summed E-state index contributed by atoms with van der Waals surface area (Å²) in [5, 5.41) is 5.58. The van der Waals surface area contributed by atoms with Crippen molar-refractivity contribution in [3.63, 3.8) is 0 Å². The van der Waals surface area contributed by atoms with Gasteiger partial charge in [-0.1, -0.05) is 17.9 Å². The Morgan fingerprint density at radius 1 is 1.15 bits per heavy atom. The second kappa shape index (κ2) is 7.75. The van der Waals surface area contributed by atoms with Crippen molar-refractivity contribution in [3.05, 3.63) is 64.7 Å². The number of nitrogens with zero attached hydrogens (tertiary/aromatic N) is 1. The Morgan fingerprint density at radius 3 is 2.58 bits per heavy atom. The van der Waals surface area contributed by atoms with E-state index in [2.05, 4.69) is 22.5 Å². The third-order valence-corrected chi connectivity index (χ3v) is 4.37. The van der Waals surface area contributed by atoms with Crippen LogP contribution in [0.5, 0.6) is 0 Å². The molecule has 2 aromatic rings. The monoisotopic (exact) mass is 347 g/mol. The first-order valence-corrected chi connectivity index (χ1v) is 8.54. The molecule has 2 aromatic carbocycles. The van der Waals surface area contributed by atoms with E-state index in [1.807, 2.05) is 56.3 Å². The third kappa shape index (κ3) is 4.04. The summed E-state index contributed by atoms with van der Waals surface area (Å²) in [5.74, 6) is 5.84. The minimum Gasteiger partial charge on any atom is -0.341 e. The number of nitrogens with one attached hydrogen (secondary N) is 2. The van der Waals surface area contributed by atoms with Crippen molar-refractivity contribution < 1.29 is 9.59 Å². The fourth-order valence-electron chi connectivity index (χ4n) is 2.70. The standard InChI is InChI=1S/C21H21N3O2/c1-15-5-8-18(14-16(15)2)20(25)22-11-3-4-17-6-9-19(10-7-17)24-13-12-23-21(24)26/h5-10,14H,11-13H2,1-2H3,(H,22,25)(H,23,26). The van der Waals surface area contributed by atoms with E-state index >= 15 is 0 Å². The molecule has 5 nitrogen and oxygen atoms in total. The van der Waals surface area contributed by atoms with Crippen molar-refractivity contribution in [2.24, 2.45) is 0 Å². The number of anilines is 1. The molecule has 0 atom stereocenters. The molecular formula is C21H21N3O2. The molecule has 0 bridgehead atoms. The number of carbonyl (C=O) groups is 2. The summed E-state index contributed by atoms with van der Waals surface area (Å²) in [6.45, 7) is 5.63. The summed E-state index contributed by atoms with van der Waals surface area (Å²) in [5.41, 5.74) is 4.59. The summed E-state index contributed by atoms with van der Waals surface area (Å²) in [6.07, 6.45) is 0. The molecule has 132 valence electrons. The Labute approximate surface area is 153 Å². The lowest BCUT2D eigenvalue weighted by Gasteiger charge is -2.13. The second-order valence-electron chi connectivity index (χ2n) is 6.21. The number of carbonyl (C=O) groups excluding carboxylic acids is 2. The Kier molecular flexibility index (Phi) is 5.23. The molecule has 1 heterocycles. The minimum atomic E-state index is -0.127. The normalized spacial score (nSPS) is 13.0. The number of hydrogen-bond acceptors (Lipinski definition) is 2. The van der Waals surface area contributed by atoms with Crippen LogP contribution in [0, 0.1) is 25.7 Å². The molecule has 5 heteroatoms. The summed E-state index contributed by atoms with van der Waals surface area (Å²) in [7, 11) is 0. The van der Waals surface area contributed by atoms with Crippen molar-refractivity contribution in [1.82, 2.24) is 10.6 Å². The van der Waals surface area contributed by atoms with E-state index in [9.17, 15) is 9.59 Å². The summed E-state index contributed by atoms with van der Waals surface area (Å²) >= 11 is 0. The van der Waals surface area contributed by atoms with Gasteiger partial charge in [0.2, 0.25) is 0 Å². The van der Waals surface area contributed by atoms with Crippen LogP contribution in [0.2, 0.25) is 0 Å². The quantitative estimate of drug-likeness (QED) is 0.839. The van der Waals surface area contributed by atoms with Crippen molar-refractivity contribution in [1.29, 1.82) is 0 Å². The molecule has 0 saturated carbocycles. The zero-order valence-electron chi connectivity index (χ0n) is 14.9. The van der Waals surface area contributed by atoms with Crippen LogP contribution in [-0.4, -0.2) is 31.6 Å². The predicted molar refractivity (Wildman–Crippen MR) is 102 cm³/mol. The van der Waals surface area contributed by atoms with Gasteiger partial charge in [-0.15, -0.1) is 0 Å². The molecule has 3 amide bonds. The molecular weight excluding hydrogens is 326 g/mol. The highest BCUT2D eigenvalue weighted by atomic mass is 16.2. The average Bonchev–Trinajstić information content (AvgIpc) is 3.07. The largest absolute Gasteiger partial charge is 0.341 e. The maximum atomic E-state index is 12.1. The Morgan fingerprint density at radius 2 is 1.92 bits per heavy atom. The number of urea groups is 1. The van der Waals surface area contributed by atoms with Gasteiger partial charge in [0.25, 0.3) is 5.91 Å². The van der Waals surface area contributed by atoms with Crippen LogP contribution in [0.1, 0.15) is 27.0 Å². The van der Waals surface area contributed by atoms with E-state index in [0.29, 0.717) is 18.7 Å². The lowest BCUT2D eigenvalue weighted by Crippen LogP contribution is -2.27. The summed E-state index contributed by atoms with van der Waals surface area (Å²) < 4.78 is 0. The lowest BCUT2D eigenvalue weighted by atomic mass is 10.1. The number of aryl methyl sites for hydroxylation is 2. The minimum absolute atomic E-state index is 0.0714. The molecule has 0 spiro atoms. The van der Waals surface area contributed by atoms with Gasteiger partial charge in [0.05, 0.1) is 6.54 Å². The number of hydrogen-bond donors (Lipinski definition) is 2.